The van der Waals surface area contributed by atoms with Crippen LogP contribution in [0.25, 0.3) is 11.0 Å². The predicted octanol–water partition coefficient (Wildman–Crippen LogP) is 4.03. The quantitative estimate of drug-likeness (QED) is 0.637. The van der Waals surface area contributed by atoms with Gasteiger partial charge in [0.2, 0.25) is 11.8 Å². The van der Waals surface area contributed by atoms with Crippen LogP contribution in [0, 0.1) is 19.7 Å². The summed E-state index contributed by atoms with van der Waals surface area (Å²) in [6.45, 7) is 4.76. The van der Waals surface area contributed by atoms with Crippen molar-refractivity contribution in [1.29, 1.82) is 0 Å². The number of pyridine rings is 1. The molecule has 0 spiro atoms. The maximum absolute atomic E-state index is 13.3. The Hall–Kier alpha value is -2.96. The molecule has 1 atom stereocenters. The van der Waals surface area contributed by atoms with Gasteiger partial charge in [0, 0.05) is 25.7 Å². The molecule has 3 heterocycles. The van der Waals surface area contributed by atoms with E-state index in [4.69, 9.17) is 9.72 Å². The van der Waals surface area contributed by atoms with Crippen molar-refractivity contribution in [1.82, 2.24) is 19.7 Å². The average molecular weight is 410 g/mol. The summed E-state index contributed by atoms with van der Waals surface area (Å²) >= 11 is 0. The van der Waals surface area contributed by atoms with E-state index in [1.54, 1.807) is 23.9 Å². The van der Waals surface area contributed by atoms with Gasteiger partial charge in [0.15, 0.2) is 5.65 Å². The van der Waals surface area contributed by atoms with Crippen LogP contribution in [-0.2, 0) is 18.3 Å². The first-order valence-corrected chi connectivity index (χ1v) is 10.3. The van der Waals surface area contributed by atoms with Crippen molar-refractivity contribution in [3.63, 3.8) is 0 Å². The number of rotatable bonds is 5. The second-order valence-corrected chi connectivity index (χ2v) is 7.93. The summed E-state index contributed by atoms with van der Waals surface area (Å²) in [4.78, 5) is 19.7. The van der Waals surface area contributed by atoms with Gasteiger partial charge in [-0.2, -0.15) is 0 Å². The number of amides is 1. The number of methoxy groups -OCH3 is 1. The maximum atomic E-state index is 13.3. The molecule has 1 fully saturated rings. The van der Waals surface area contributed by atoms with E-state index in [-0.39, 0.29) is 17.8 Å². The molecule has 3 aromatic rings. The standard InChI is InChI=1S/C23H27FN4O2/c1-14-18(15(2)25-22-21(14)23(30-4)26-27(22)3)11-12-20(29)28-13-5-6-19(28)16-7-9-17(24)10-8-16/h7-10,19H,5-6,11-13H2,1-4H3. The Morgan fingerprint density at radius 1 is 1.27 bits per heavy atom. The molecule has 1 aromatic carbocycles. The smallest absolute Gasteiger partial charge is 0.242 e. The van der Waals surface area contributed by atoms with E-state index in [2.05, 4.69) is 5.10 Å². The fourth-order valence-electron chi connectivity index (χ4n) is 4.58. The summed E-state index contributed by atoms with van der Waals surface area (Å²) in [6, 6.07) is 6.52. The lowest BCUT2D eigenvalue weighted by molar-refractivity contribution is -0.132. The molecule has 1 aliphatic heterocycles. The summed E-state index contributed by atoms with van der Waals surface area (Å²) in [7, 11) is 3.45. The molecule has 2 aromatic heterocycles. The lowest BCUT2D eigenvalue weighted by Crippen LogP contribution is -2.30. The fourth-order valence-corrected chi connectivity index (χ4v) is 4.58. The predicted molar refractivity (Wildman–Crippen MR) is 113 cm³/mol. The number of nitrogens with zero attached hydrogens (tertiary/aromatic N) is 4. The van der Waals surface area contributed by atoms with Gasteiger partial charge >= 0.3 is 0 Å². The molecule has 30 heavy (non-hydrogen) atoms. The van der Waals surface area contributed by atoms with Crippen molar-refractivity contribution in [3.8, 4) is 5.88 Å². The van der Waals surface area contributed by atoms with E-state index < -0.39 is 0 Å². The number of hydrogen-bond donors (Lipinski definition) is 0. The Balaban J connectivity index is 1.55. The average Bonchev–Trinajstić information content (AvgIpc) is 3.33. The Morgan fingerprint density at radius 2 is 2.00 bits per heavy atom. The van der Waals surface area contributed by atoms with E-state index in [9.17, 15) is 9.18 Å². The van der Waals surface area contributed by atoms with Crippen LogP contribution >= 0.6 is 0 Å². The van der Waals surface area contributed by atoms with E-state index in [1.807, 2.05) is 25.8 Å². The highest BCUT2D eigenvalue weighted by atomic mass is 19.1. The van der Waals surface area contributed by atoms with Gasteiger partial charge in [0.05, 0.1) is 18.5 Å². The third kappa shape index (κ3) is 3.53. The van der Waals surface area contributed by atoms with Crippen molar-refractivity contribution < 1.29 is 13.9 Å². The van der Waals surface area contributed by atoms with Gasteiger partial charge in [0.25, 0.3) is 0 Å². The lowest BCUT2D eigenvalue weighted by atomic mass is 9.99. The summed E-state index contributed by atoms with van der Waals surface area (Å²) in [5.74, 6) is 0.425. The van der Waals surface area contributed by atoms with Crippen LogP contribution in [0.2, 0.25) is 0 Å². The molecule has 1 unspecified atom stereocenters. The number of ether oxygens (including phenoxy) is 1. The number of carbonyl (C=O) groups is 1. The van der Waals surface area contributed by atoms with Crippen molar-refractivity contribution in [2.24, 2.45) is 7.05 Å². The monoisotopic (exact) mass is 410 g/mol. The zero-order valence-electron chi connectivity index (χ0n) is 17.9. The second kappa shape index (κ2) is 8.05. The molecule has 0 saturated carbocycles. The van der Waals surface area contributed by atoms with E-state index in [1.165, 1.54) is 12.1 Å². The van der Waals surface area contributed by atoms with Gasteiger partial charge in [-0.15, -0.1) is 5.10 Å². The number of likely N-dealkylation sites (tertiary alicyclic amines) is 1. The van der Waals surface area contributed by atoms with E-state index in [0.29, 0.717) is 18.7 Å². The maximum Gasteiger partial charge on any atom is 0.242 e. The van der Waals surface area contributed by atoms with Crippen molar-refractivity contribution in [2.75, 3.05) is 13.7 Å². The summed E-state index contributed by atoms with van der Waals surface area (Å²) in [5, 5.41) is 5.29. The van der Waals surface area contributed by atoms with Gasteiger partial charge < -0.3 is 9.64 Å². The Bertz CT molecular complexity index is 1090. The third-order valence-corrected chi connectivity index (χ3v) is 6.13. The van der Waals surface area contributed by atoms with Gasteiger partial charge in [-0.1, -0.05) is 12.1 Å². The number of benzene rings is 1. The molecule has 0 N–H and O–H groups in total. The van der Waals surface area contributed by atoms with E-state index >= 15 is 0 Å². The van der Waals surface area contributed by atoms with Crippen LogP contribution in [0.3, 0.4) is 0 Å². The summed E-state index contributed by atoms with van der Waals surface area (Å²) in [5.41, 5.74) is 4.83. The third-order valence-electron chi connectivity index (χ3n) is 6.13. The first kappa shape index (κ1) is 20.3. The molecule has 7 heteroatoms. The van der Waals surface area contributed by atoms with Gasteiger partial charge in [-0.05, 0) is 61.9 Å². The Labute approximate surface area is 175 Å². The first-order valence-electron chi connectivity index (χ1n) is 10.3. The number of aryl methyl sites for hydroxylation is 3. The molecule has 0 aliphatic carbocycles. The SMILES string of the molecule is COc1nn(C)c2nc(C)c(CCC(=O)N3CCCC3c3ccc(F)cc3)c(C)c12. The van der Waals surface area contributed by atoms with Crippen LogP contribution in [0.4, 0.5) is 4.39 Å². The van der Waals surface area contributed by atoms with Crippen LogP contribution in [0.1, 0.15) is 47.7 Å². The highest BCUT2D eigenvalue weighted by molar-refractivity contribution is 5.86. The van der Waals surface area contributed by atoms with E-state index in [0.717, 1.165) is 52.8 Å². The highest BCUT2D eigenvalue weighted by Crippen LogP contribution is 2.34. The fraction of sp³-hybridized carbons (Fsp3) is 0.435. The lowest BCUT2D eigenvalue weighted by Gasteiger charge is -2.25. The molecule has 1 aliphatic rings. The Morgan fingerprint density at radius 3 is 2.70 bits per heavy atom. The van der Waals surface area contributed by atoms with Crippen LogP contribution in [-0.4, -0.2) is 39.2 Å². The normalized spacial score (nSPS) is 16.4. The second-order valence-electron chi connectivity index (χ2n) is 7.93. The van der Waals surface area contributed by atoms with Gasteiger partial charge in [-0.25, -0.2) is 14.1 Å². The molecular weight excluding hydrogens is 383 g/mol. The Kier molecular flexibility index (Phi) is 5.45. The number of carbonyl (C=O) groups excluding carboxylic acids is 1. The van der Waals surface area contributed by atoms with Gasteiger partial charge in [0.1, 0.15) is 5.82 Å². The molecular formula is C23H27FN4O2. The topological polar surface area (TPSA) is 60.2 Å². The van der Waals surface area contributed by atoms with Crippen molar-refractivity contribution in [3.05, 3.63) is 52.5 Å². The molecule has 6 nitrogen and oxygen atoms in total. The number of hydrogen-bond acceptors (Lipinski definition) is 4. The first-order chi connectivity index (χ1) is 14.4. The zero-order chi connectivity index (χ0) is 21.4. The summed E-state index contributed by atoms with van der Waals surface area (Å²) in [6.07, 6.45) is 2.90. The number of fused-ring (bicyclic) bond motifs is 1. The molecule has 1 saturated heterocycles. The molecule has 1 amide bonds. The van der Waals surface area contributed by atoms with Crippen molar-refractivity contribution >= 4 is 16.9 Å². The minimum absolute atomic E-state index is 0.0271. The highest BCUT2D eigenvalue weighted by Gasteiger charge is 2.30. The van der Waals surface area contributed by atoms with Crippen molar-refractivity contribution in [2.45, 2.75) is 45.6 Å². The molecule has 158 valence electrons. The van der Waals surface area contributed by atoms with Gasteiger partial charge in [-0.3, -0.25) is 4.79 Å². The molecule has 4 rings (SSSR count). The minimum Gasteiger partial charge on any atom is -0.479 e. The molecule has 0 radical (unpaired) electrons. The zero-order valence-corrected chi connectivity index (χ0v) is 17.9. The molecule has 0 bridgehead atoms. The largest absolute Gasteiger partial charge is 0.479 e. The van der Waals surface area contributed by atoms with Crippen LogP contribution in [0.5, 0.6) is 5.88 Å². The van der Waals surface area contributed by atoms with Crippen LogP contribution in [0.15, 0.2) is 24.3 Å². The number of aromatic nitrogens is 3. The summed E-state index contributed by atoms with van der Waals surface area (Å²) < 4.78 is 20.4. The number of halogens is 1. The van der Waals surface area contributed by atoms with Crippen LogP contribution < -0.4 is 4.74 Å². The minimum atomic E-state index is -0.255.